The number of esters is 1. The lowest BCUT2D eigenvalue weighted by Gasteiger charge is -2.30. The highest BCUT2D eigenvalue weighted by Gasteiger charge is 2.29. The van der Waals surface area contributed by atoms with E-state index in [4.69, 9.17) is 4.74 Å². The Morgan fingerprint density at radius 2 is 2.00 bits per heavy atom. The first-order valence-corrected chi connectivity index (χ1v) is 5.34. The number of hydrogen-bond acceptors (Lipinski definition) is 4. The van der Waals surface area contributed by atoms with Gasteiger partial charge in [0.15, 0.2) is 0 Å². The summed E-state index contributed by atoms with van der Waals surface area (Å²) in [4.78, 5) is 10.9. The Morgan fingerprint density at radius 3 is 2.31 bits per heavy atom. The number of hydrogen-bond donors (Lipinski definition) is 2. The van der Waals surface area contributed by atoms with Crippen LogP contribution in [0.5, 0.6) is 0 Å². The van der Waals surface area contributed by atoms with Crippen LogP contribution in [-0.4, -0.2) is 33.5 Å². The normalized spacial score (nSPS) is 17.4. The minimum absolute atomic E-state index is 0.333. The average molecular weight is 230 g/mol. The topological polar surface area (TPSA) is 66.8 Å². The molecule has 0 spiro atoms. The number of carbonyl (C=O) groups excluding carboxylic acids is 1. The van der Waals surface area contributed by atoms with Crippen molar-refractivity contribution in [2.45, 2.75) is 57.8 Å². The van der Waals surface area contributed by atoms with Gasteiger partial charge in [-0.2, -0.15) is 0 Å². The van der Waals surface area contributed by atoms with Crippen molar-refractivity contribution in [1.82, 2.24) is 0 Å². The lowest BCUT2D eigenvalue weighted by Crippen LogP contribution is -2.38. The van der Waals surface area contributed by atoms with Crippen LogP contribution >= 0.6 is 0 Å². The minimum Gasteiger partial charge on any atom is -0.455 e. The Labute approximate surface area is 96.9 Å². The lowest BCUT2D eigenvalue weighted by molar-refractivity contribution is -0.152. The molecule has 0 aliphatic rings. The fourth-order valence-electron chi connectivity index (χ4n) is 1.30. The van der Waals surface area contributed by atoms with Gasteiger partial charge in [0.1, 0.15) is 5.60 Å². The van der Waals surface area contributed by atoms with Gasteiger partial charge in [0.25, 0.3) is 0 Å². The molecule has 4 nitrogen and oxygen atoms in total. The number of rotatable bonds is 6. The molecule has 2 atom stereocenters. The first kappa shape index (κ1) is 15.1. The molecule has 0 aromatic rings. The van der Waals surface area contributed by atoms with Gasteiger partial charge in [-0.05, 0) is 39.7 Å². The van der Waals surface area contributed by atoms with Crippen LogP contribution in [0.4, 0.5) is 0 Å². The quantitative estimate of drug-likeness (QED) is 0.535. The van der Waals surface area contributed by atoms with Crippen molar-refractivity contribution in [1.29, 1.82) is 0 Å². The van der Waals surface area contributed by atoms with Gasteiger partial charge < -0.3 is 14.9 Å². The summed E-state index contributed by atoms with van der Waals surface area (Å²) in [6.45, 7) is 9.73. The molecule has 0 rings (SSSR count). The standard InChI is InChI=1S/C12H22O4/c1-6-12(5,16-9(2)13)8-7-10(14)11(3,4)15/h6,10,14-15H,1,7-8H2,2-5H3/t10-,12+/m1/s1. The van der Waals surface area contributed by atoms with Crippen molar-refractivity contribution >= 4 is 5.97 Å². The highest BCUT2D eigenvalue weighted by atomic mass is 16.6. The molecular weight excluding hydrogens is 208 g/mol. The fourth-order valence-corrected chi connectivity index (χ4v) is 1.30. The van der Waals surface area contributed by atoms with Crippen LogP contribution in [0, 0.1) is 0 Å². The molecule has 16 heavy (non-hydrogen) atoms. The molecule has 0 bridgehead atoms. The second-order valence-corrected chi connectivity index (χ2v) is 4.82. The van der Waals surface area contributed by atoms with Gasteiger partial charge in [-0.3, -0.25) is 4.79 Å². The zero-order valence-corrected chi connectivity index (χ0v) is 10.5. The predicted octanol–water partition coefficient (Wildman–Crippen LogP) is 1.41. The maximum Gasteiger partial charge on any atom is 0.303 e. The van der Waals surface area contributed by atoms with Gasteiger partial charge in [-0.25, -0.2) is 0 Å². The zero-order chi connectivity index (χ0) is 13.0. The summed E-state index contributed by atoms with van der Waals surface area (Å²) in [5.74, 6) is -0.389. The number of aliphatic hydroxyl groups excluding tert-OH is 1. The Morgan fingerprint density at radius 1 is 1.50 bits per heavy atom. The van der Waals surface area contributed by atoms with Crippen molar-refractivity contribution in [2.24, 2.45) is 0 Å². The molecule has 0 amide bonds. The van der Waals surface area contributed by atoms with Gasteiger partial charge >= 0.3 is 5.97 Å². The fraction of sp³-hybridized carbons (Fsp3) is 0.750. The highest BCUT2D eigenvalue weighted by Crippen LogP contribution is 2.23. The van der Waals surface area contributed by atoms with E-state index in [9.17, 15) is 15.0 Å². The van der Waals surface area contributed by atoms with E-state index >= 15 is 0 Å². The monoisotopic (exact) mass is 230 g/mol. The van der Waals surface area contributed by atoms with E-state index in [2.05, 4.69) is 6.58 Å². The van der Waals surface area contributed by atoms with Gasteiger partial charge in [0.05, 0.1) is 11.7 Å². The number of aliphatic hydroxyl groups is 2. The van der Waals surface area contributed by atoms with Crippen LogP contribution in [0.25, 0.3) is 0 Å². The van der Waals surface area contributed by atoms with E-state index in [0.29, 0.717) is 12.8 Å². The SMILES string of the molecule is C=C[C@@](C)(CC[C@@H](O)C(C)(C)O)OC(C)=O. The predicted molar refractivity (Wildman–Crippen MR) is 61.9 cm³/mol. The number of ether oxygens (including phenoxy) is 1. The number of carbonyl (C=O) groups is 1. The smallest absolute Gasteiger partial charge is 0.303 e. The van der Waals surface area contributed by atoms with E-state index in [0.717, 1.165) is 0 Å². The van der Waals surface area contributed by atoms with E-state index in [1.165, 1.54) is 26.8 Å². The highest BCUT2D eigenvalue weighted by molar-refractivity contribution is 5.66. The molecule has 0 radical (unpaired) electrons. The Kier molecular flexibility index (Phi) is 5.16. The Hall–Kier alpha value is -0.870. The summed E-state index contributed by atoms with van der Waals surface area (Å²) in [5.41, 5.74) is -1.95. The summed E-state index contributed by atoms with van der Waals surface area (Å²) >= 11 is 0. The lowest BCUT2D eigenvalue weighted by atomic mass is 9.91. The maximum atomic E-state index is 10.9. The van der Waals surface area contributed by atoms with Gasteiger partial charge in [-0.1, -0.05) is 6.58 Å². The molecule has 2 N–H and O–H groups in total. The summed E-state index contributed by atoms with van der Waals surface area (Å²) in [5, 5.41) is 19.2. The first-order valence-electron chi connectivity index (χ1n) is 5.34. The van der Waals surface area contributed by atoms with Crippen LogP contribution in [0.15, 0.2) is 12.7 Å². The van der Waals surface area contributed by atoms with Crippen molar-refractivity contribution in [3.63, 3.8) is 0 Å². The molecule has 4 heteroatoms. The van der Waals surface area contributed by atoms with Crippen LogP contribution < -0.4 is 0 Å². The van der Waals surface area contributed by atoms with Crippen molar-refractivity contribution < 1.29 is 19.7 Å². The molecule has 0 heterocycles. The summed E-state index contributed by atoms with van der Waals surface area (Å²) in [6, 6.07) is 0. The van der Waals surface area contributed by atoms with Gasteiger partial charge in [0.2, 0.25) is 0 Å². The van der Waals surface area contributed by atoms with Crippen LogP contribution in [0.1, 0.15) is 40.5 Å². The maximum absolute atomic E-state index is 10.9. The summed E-state index contributed by atoms with van der Waals surface area (Å²) < 4.78 is 5.10. The Balaban J connectivity index is 4.35. The largest absolute Gasteiger partial charge is 0.455 e. The van der Waals surface area contributed by atoms with Crippen LogP contribution in [-0.2, 0) is 9.53 Å². The summed E-state index contributed by atoms with van der Waals surface area (Å²) in [7, 11) is 0. The van der Waals surface area contributed by atoms with Crippen molar-refractivity contribution in [3.05, 3.63) is 12.7 Å². The van der Waals surface area contributed by atoms with Gasteiger partial charge in [0, 0.05) is 6.92 Å². The molecule has 0 saturated carbocycles. The molecule has 0 unspecified atom stereocenters. The van der Waals surface area contributed by atoms with E-state index in [1.54, 1.807) is 6.92 Å². The van der Waals surface area contributed by atoms with Gasteiger partial charge in [-0.15, -0.1) is 0 Å². The third-order valence-electron chi connectivity index (χ3n) is 2.54. The van der Waals surface area contributed by atoms with Crippen molar-refractivity contribution in [2.75, 3.05) is 0 Å². The second-order valence-electron chi connectivity index (χ2n) is 4.82. The molecule has 0 aromatic heterocycles. The van der Waals surface area contributed by atoms with Crippen molar-refractivity contribution in [3.8, 4) is 0 Å². The van der Waals surface area contributed by atoms with E-state index in [-0.39, 0.29) is 5.97 Å². The Bertz CT molecular complexity index is 254. The minimum atomic E-state index is -1.15. The molecule has 94 valence electrons. The molecule has 0 aromatic carbocycles. The van der Waals surface area contributed by atoms with E-state index in [1.807, 2.05) is 0 Å². The average Bonchev–Trinajstić information content (AvgIpc) is 2.11. The van der Waals surface area contributed by atoms with Crippen LogP contribution in [0.3, 0.4) is 0 Å². The first-order chi connectivity index (χ1) is 7.10. The second kappa shape index (κ2) is 5.46. The molecular formula is C12H22O4. The summed E-state index contributed by atoms with van der Waals surface area (Å²) in [6.07, 6.45) is 1.42. The van der Waals surface area contributed by atoms with Crippen LogP contribution in [0.2, 0.25) is 0 Å². The zero-order valence-electron chi connectivity index (χ0n) is 10.5. The molecule has 0 aliphatic heterocycles. The third-order valence-corrected chi connectivity index (χ3v) is 2.54. The molecule has 0 saturated heterocycles. The molecule has 0 aliphatic carbocycles. The third kappa shape index (κ3) is 5.28. The molecule has 0 fully saturated rings. The van der Waals surface area contributed by atoms with E-state index < -0.39 is 17.3 Å².